The number of ether oxygens (including phenoxy) is 1. The summed E-state index contributed by atoms with van der Waals surface area (Å²) in [6.07, 6.45) is 0.239. The number of likely N-dealkylation sites (tertiary alicyclic amines) is 1. The molecule has 1 unspecified atom stereocenters. The van der Waals surface area contributed by atoms with Crippen LogP contribution in [0.15, 0.2) is 0 Å². The standard InChI is InChI=1S/C10H18N2O3/c1-10(2,6-15-4)11-7-5-8(13)12(3)9(7)14/h7,11H,5-6H2,1-4H3. The number of hydrogen-bond acceptors (Lipinski definition) is 4. The van der Waals surface area contributed by atoms with Gasteiger partial charge in [-0.1, -0.05) is 0 Å². The van der Waals surface area contributed by atoms with Crippen molar-refractivity contribution in [3.63, 3.8) is 0 Å². The Morgan fingerprint density at radius 1 is 1.53 bits per heavy atom. The largest absolute Gasteiger partial charge is 0.383 e. The lowest BCUT2D eigenvalue weighted by Gasteiger charge is -2.28. The lowest BCUT2D eigenvalue weighted by Crippen LogP contribution is -2.51. The minimum absolute atomic E-state index is 0.134. The van der Waals surface area contributed by atoms with Gasteiger partial charge in [0.25, 0.3) is 0 Å². The predicted octanol–water partition coefficient (Wildman–Crippen LogP) is -0.242. The van der Waals surface area contributed by atoms with Gasteiger partial charge in [-0.15, -0.1) is 0 Å². The normalized spacial score (nSPS) is 22.7. The molecule has 0 aromatic heterocycles. The highest BCUT2D eigenvalue weighted by molar-refractivity contribution is 6.05. The molecule has 1 atom stereocenters. The van der Waals surface area contributed by atoms with Gasteiger partial charge >= 0.3 is 0 Å². The number of methoxy groups -OCH3 is 1. The maximum Gasteiger partial charge on any atom is 0.246 e. The van der Waals surface area contributed by atoms with Gasteiger partial charge in [-0.2, -0.15) is 0 Å². The summed E-state index contributed by atoms with van der Waals surface area (Å²) >= 11 is 0. The SMILES string of the molecule is COCC(C)(C)NC1CC(=O)N(C)C1=O. The van der Waals surface area contributed by atoms with E-state index in [1.807, 2.05) is 13.8 Å². The van der Waals surface area contributed by atoms with Gasteiger partial charge in [0.1, 0.15) is 0 Å². The van der Waals surface area contributed by atoms with Crippen molar-refractivity contribution < 1.29 is 14.3 Å². The molecular formula is C10H18N2O3. The summed E-state index contributed by atoms with van der Waals surface area (Å²) in [4.78, 5) is 24.0. The highest BCUT2D eigenvalue weighted by atomic mass is 16.5. The lowest BCUT2D eigenvalue weighted by molar-refractivity contribution is -0.137. The molecule has 0 aromatic rings. The lowest BCUT2D eigenvalue weighted by atomic mass is 10.0. The van der Waals surface area contributed by atoms with Crippen molar-refractivity contribution in [1.29, 1.82) is 0 Å². The average Bonchev–Trinajstić information content (AvgIpc) is 2.33. The zero-order valence-electron chi connectivity index (χ0n) is 9.66. The molecule has 86 valence electrons. The first kappa shape index (κ1) is 12.1. The van der Waals surface area contributed by atoms with E-state index in [4.69, 9.17) is 4.74 Å². The van der Waals surface area contributed by atoms with Gasteiger partial charge < -0.3 is 4.74 Å². The summed E-state index contributed by atoms with van der Waals surface area (Å²) in [6, 6.07) is -0.410. The topological polar surface area (TPSA) is 58.6 Å². The van der Waals surface area contributed by atoms with Crippen LogP contribution in [0.5, 0.6) is 0 Å². The average molecular weight is 214 g/mol. The summed E-state index contributed by atoms with van der Waals surface area (Å²) < 4.78 is 5.03. The second-order valence-corrected chi connectivity index (χ2v) is 4.51. The Bertz CT molecular complexity index is 276. The van der Waals surface area contributed by atoms with Crippen LogP contribution in [-0.2, 0) is 14.3 Å². The second kappa shape index (κ2) is 4.28. The first-order valence-corrected chi connectivity index (χ1v) is 4.94. The molecule has 1 rings (SSSR count). The molecule has 0 saturated carbocycles. The summed E-state index contributed by atoms with van der Waals surface area (Å²) in [6.45, 7) is 4.37. The van der Waals surface area contributed by atoms with Crippen LogP contribution >= 0.6 is 0 Å². The predicted molar refractivity (Wildman–Crippen MR) is 55.3 cm³/mol. The number of amides is 2. The smallest absolute Gasteiger partial charge is 0.246 e. The van der Waals surface area contributed by atoms with Crippen molar-refractivity contribution in [2.45, 2.75) is 31.8 Å². The van der Waals surface area contributed by atoms with Gasteiger partial charge in [0, 0.05) is 19.7 Å². The molecule has 5 heteroatoms. The van der Waals surface area contributed by atoms with Crippen molar-refractivity contribution in [3.05, 3.63) is 0 Å². The summed E-state index contributed by atoms with van der Waals surface area (Å²) in [7, 11) is 3.12. The van der Waals surface area contributed by atoms with Crippen LogP contribution in [0, 0.1) is 0 Å². The van der Waals surface area contributed by atoms with E-state index >= 15 is 0 Å². The molecule has 1 aliphatic rings. The van der Waals surface area contributed by atoms with Crippen LogP contribution in [0.3, 0.4) is 0 Å². The molecule has 0 aromatic carbocycles. The molecule has 1 fully saturated rings. The minimum atomic E-state index is -0.410. The molecule has 0 aliphatic carbocycles. The molecule has 0 spiro atoms. The fraction of sp³-hybridized carbons (Fsp3) is 0.800. The second-order valence-electron chi connectivity index (χ2n) is 4.51. The van der Waals surface area contributed by atoms with Crippen LogP contribution in [0.1, 0.15) is 20.3 Å². The fourth-order valence-corrected chi connectivity index (χ4v) is 1.74. The molecule has 0 bridgehead atoms. The quantitative estimate of drug-likeness (QED) is 0.656. The van der Waals surface area contributed by atoms with Gasteiger partial charge in [0.05, 0.1) is 19.1 Å². The van der Waals surface area contributed by atoms with Crippen LogP contribution in [0.25, 0.3) is 0 Å². The van der Waals surface area contributed by atoms with Crippen molar-refractivity contribution in [2.24, 2.45) is 0 Å². The van der Waals surface area contributed by atoms with Crippen molar-refractivity contribution >= 4 is 11.8 Å². The highest BCUT2D eigenvalue weighted by Gasteiger charge is 2.38. The zero-order valence-corrected chi connectivity index (χ0v) is 9.66. The van der Waals surface area contributed by atoms with Gasteiger partial charge in [-0.25, -0.2) is 0 Å². The first-order chi connectivity index (χ1) is 6.87. The summed E-state index contributed by atoms with van der Waals surface area (Å²) in [5, 5.41) is 3.13. The third kappa shape index (κ3) is 2.76. The van der Waals surface area contributed by atoms with Crippen molar-refractivity contribution in [1.82, 2.24) is 10.2 Å². The fourth-order valence-electron chi connectivity index (χ4n) is 1.74. The molecule has 1 heterocycles. The van der Waals surface area contributed by atoms with E-state index in [0.29, 0.717) is 6.61 Å². The van der Waals surface area contributed by atoms with E-state index < -0.39 is 6.04 Å². The Hall–Kier alpha value is -0.940. The van der Waals surface area contributed by atoms with E-state index in [9.17, 15) is 9.59 Å². The summed E-state index contributed by atoms with van der Waals surface area (Å²) in [5.41, 5.74) is -0.305. The molecule has 1 N–H and O–H groups in total. The number of rotatable bonds is 4. The minimum Gasteiger partial charge on any atom is -0.383 e. The van der Waals surface area contributed by atoms with Crippen molar-refractivity contribution in [3.8, 4) is 0 Å². The van der Waals surface area contributed by atoms with E-state index in [2.05, 4.69) is 5.32 Å². The number of nitrogens with zero attached hydrogens (tertiary/aromatic N) is 1. The number of carbonyl (C=O) groups excluding carboxylic acids is 2. The number of imide groups is 1. The molecule has 5 nitrogen and oxygen atoms in total. The maximum atomic E-state index is 11.6. The number of likely N-dealkylation sites (N-methyl/N-ethyl adjacent to an activating group) is 1. The third-order valence-electron chi connectivity index (χ3n) is 2.45. The van der Waals surface area contributed by atoms with Gasteiger partial charge in [0.2, 0.25) is 11.8 Å². The van der Waals surface area contributed by atoms with Gasteiger partial charge in [-0.05, 0) is 13.8 Å². The maximum absolute atomic E-state index is 11.6. The summed E-state index contributed by atoms with van der Waals surface area (Å²) in [5.74, 6) is -0.296. The van der Waals surface area contributed by atoms with Crippen LogP contribution in [-0.4, -0.2) is 49.1 Å². The van der Waals surface area contributed by atoms with Gasteiger partial charge in [-0.3, -0.25) is 19.8 Å². The Morgan fingerprint density at radius 2 is 2.13 bits per heavy atom. The van der Waals surface area contributed by atoms with Gasteiger partial charge in [0.15, 0.2) is 0 Å². The molecule has 2 amide bonds. The number of carbonyl (C=O) groups is 2. The van der Waals surface area contributed by atoms with E-state index in [0.717, 1.165) is 0 Å². The Morgan fingerprint density at radius 3 is 2.53 bits per heavy atom. The van der Waals surface area contributed by atoms with E-state index in [1.54, 1.807) is 7.11 Å². The van der Waals surface area contributed by atoms with Crippen molar-refractivity contribution in [2.75, 3.05) is 20.8 Å². The third-order valence-corrected chi connectivity index (χ3v) is 2.45. The monoisotopic (exact) mass is 214 g/mol. The van der Waals surface area contributed by atoms with Crippen LogP contribution in [0.4, 0.5) is 0 Å². The Kier molecular flexibility index (Phi) is 3.46. The first-order valence-electron chi connectivity index (χ1n) is 4.94. The Balaban J connectivity index is 2.60. The Labute approximate surface area is 89.8 Å². The van der Waals surface area contributed by atoms with E-state index in [-0.39, 0.29) is 23.8 Å². The zero-order chi connectivity index (χ0) is 11.6. The highest BCUT2D eigenvalue weighted by Crippen LogP contribution is 2.14. The van der Waals surface area contributed by atoms with Crippen LogP contribution in [0.2, 0.25) is 0 Å². The van der Waals surface area contributed by atoms with E-state index in [1.165, 1.54) is 11.9 Å². The molecule has 1 aliphatic heterocycles. The number of hydrogen-bond donors (Lipinski definition) is 1. The molecule has 0 radical (unpaired) electrons. The molecule has 15 heavy (non-hydrogen) atoms. The number of nitrogens with one attached hydrogen (secondary N) is 1. The van der Waals surface area contributed by atoms with Crippen LogP contribution < -0.4 is 5.32 Å². The molecular weight excluding hydrogens is 196 g/mol. The molecule has 1 saturated heterocycles.